The first-order valence-electron chi connectivity index (χ1n) is 11.8. The topological polar surface area (TPSA) is 92.2 Å². The van der Waals surface area contributed by atoms with E-state index in [1.807, 2.05) is 13.0 Å². The maximum absolute atomic E-state index is 13.1. The molecule has 34 heavy (non-hydrogen) atoms. The van der Waals surface area contributed by atoms with Crippen LogP contribution >= 0.6 is 0 Å². The van der Waals surface area contributed by atoms with Gasteiger partial charge in [0.15, 0.2) is 0 Å². The molecule has 8 nitrogen and oxygen atoms in total. The Labute approximate surface area is 199 Å². The molecule has 3 heterocycles. The van der Waals surface area contributed by atoms with E-state index in [0.29, 0.717) is 49.8 Å². The van der Waals surface area contributed by atoms with Crippen molar-refractivity contribution < 1.29 is 24.2 Å². The Balaban J connectivity index is 1.61. The van der Waals surface area contributed by atoms with E-state index >= 15 is 0 Å². The second-order valence-electron chi connectivity index (χ2n) is 8.43. The molecule has 1 aromatic heterocycles. The van der Waals surface area contributed by atoms with Gasteiger partial charge in [-0.2, -0.15) is 0 Å². The lowest BCUT2D eigenvalue weighted by molar-refractivity contribution is -0.140. The summed E-state index contributed by atoms with van der Waals surface area (Å²) < 4.78 is 11.0. The fourth-order valence-electron chi connectivity index (χ4n) is 4.33. The number of nitrogens with zero attached hydrogens (tertiary/aromatic N) is 3. The van der Waals surface area contributed by atoms with E-state index in [0.717, 1.165) is 26.1 Å². The van der Waals surface area contributed by atoms with Crippen LogP contribution in [-0.2, 0) is 14.3 Å². The van der Waals surface area contributed by atoms with Crippen LogP contribution in [0.3, 0.4) is 0 Å². The Bertz CT molecular complexity index is 1020. The van der Waals surface area contributed by atoms with Gasteiger partial charge in [0.05, 0.1) is 31.1 Å². The molecule has 0 saturated carbocycles. The Morgan fingerprint density at radius 2 is 1.88 bits per heavy atom. The summed E-state index contributed by atoms with van der Waals surface area (Å²) in [5.41, 5.74) is 1.07. The first kappa shape index (κ1) is 23.9. The molecule has 0 aliphatic carbocycles. The monoisotopic (exact) mass is 465 g/mol. The largest absolute Gasteiger partial charge is 0.507 e. The number of hydrogen-bond donors (Lipinski definition) is 1. The Morgan fingerprint density at radius 1 is 1.12 bits per heavy atom. The second kappa shape index (κ2) is 11.3. The van der Waals surface area contributed by atoms with Crippen molar-refractivity contribution in [1.82, 2.24) is 14.8 Å². The number of likely N-dealkylation sites (tertiary alicyclic amines) is 1. The van der Waals surface area contributed by atoms with Gasteiger partial charge in [-0.25, -0.2) is 0 Å². The highest BCUT2D eigenvalue weighted by atomic mass is 16.5. The molecule has 2 aromatic rings. The number of aliphatic hydroxyl groups is 1. The number of ketones is 1. The van der Waals surface area contributed by atoms with Gasteiger partial charge in [0.2, 0.25) is 0 Å². The molecule has 1 aromatic carbocycles. The molecule has 180 valence electrons. The lowest BCUT2D eigenvalue weighted by Gasteiger charge is -2.28. The van der Waals surface area contributed by atoms with Gasteiger partial charge >= 0.3 is 0 Å². The van der Waals surface area contributed by atoms with Gasteiger partial charge in [0.1, 0.15) is 17.6 Å². The second-order valence-corrected chi connectivity index (χ2v) is 8.43. The third kappa shape index (κ3) is 5.29. The fraction of sp³-hybridized carbons (Fsp3) is 0.423. The molecular formula is C26H31N3O5. The van der Waals surface area contributed by atoms with E-state index in [1.54, 1.807) is 42.6 Å². The van der Waals surface area contributed by atoms with Gasteiger partial charge < -0.3 is 19.5 Å². The first-order chi connectivity index (χ1) is 16.6. The maximum Gasteiger partial charge on any atom is 0.295 e. The highest BCUT2D eigenvalue weighted by molar-refractivity contribution is 6.46. The number of morpholine rings is 1. The van der Waals surface area contributed by atoms with Crippen LogP contribution in [0.15, 0.2) is 54.2 Å². The molecule has 0 spiro atoms. The smallest absolute Gasteiger partial charge is 0.295 e. The van der Waals surface area contributed by atoms with Crippen LogP contribution in [0.4, 0.5) is 0 Å². The van der Waals surface area contributed by atoms with Crippen LogP contribution < -0.4 is 4.74 Å². The van der Waals surface area contributed by atoms with Crippen molar-refractivity contribution in [2.75, 3.05) is 46.0 Å². The summed E-state index contributed by atoms with van der Waals surface area (Å²) in [5.74, 6) is -0.817. The van der Waals surface area contributed by atoms with Crippen molar-refractivity contribution in [3.8, 4) is 5.75 Å². The number of benzene rings is 1. The Hall–Kier alpha value is -3.23. The van der Waals surface area contributed by atoms with E-state index in [4.69, 9.17) is 9.47 Å². The van der Waals surface area contributed by atoms with Crippen LogP contribution in [0.25, 0.3) is 5.76 Å². The van der Waals surface area contributed by atoms with Gasteiger partial charge in [0.25, 0.3) is 11.7 Å². The predicted octanol–water partition coefficient (Wildman–Crippen LogP) is 3.01. The molecule has 0 radical (unpaired) electrons. The lowest BCUT2D eigenvalue weighted by atomic mass is 9.98. The Morgan fingerprint density at radius 3 is 2.56 bits per heavy atom. The third-order valence-electron chi connectivity index (χ3n) is 6.09. The number of carbonyl (C=O) groups excluding carboxylic acids is 2. The first-order valence-corrected chi connectivity index (χ1v) is 11.8. The zero-order valence-electron chi connectivity index (χ0n) is 19.5. The van der Waals surface area contributed by atoms with Gasteiger partial charge in [-0.15, -0.1) is 0 Å². The molecule has 1 amide bonds. The van der Waals surface area contributed by atoms with Crippen molar-refractivity contribution in [2.45, 2.75) is 25.8 Å². The SMILES string of the molecule is CCCOc1ccc(C(O)=C2C(=O)C(=O)N(CCCN3CCOCC3)[C@@H]2c2ccccn2)cc1. The molecule has 0 unspecified atom stereocenters. The summed E-state index contributed by atoms with van der Waals surface area (Å²) in [6.45, 7) is 6.96. The minimum atomic E-state index is -0.734. The molecule has 1 N–H and O–H groups in total. The molecule has 2 saturated heterocycles. The summed E-state index contributed by atoms with van der Waals surface area (Å²) in [4.78, 5) is 34.4. The predicted molar refractivity (Wildman–Crippen MR) is 127 cm³/mol. The zero-order valence-corrected chi connectivity index (χ0v) is 19.5. The summed E-state index contributed by atoms with van der Waals surface area (Å²) in [6.07, 6.45) is 3.23. The van der Waals surface area contributed by atoms with Crippen molar-refractivity contribution in [1.29, 1.82) is 0 Å². The van der Waals surface area contributed by atoms with Gasteiger partial charge in [-0.1, -0.05) is 13.0 Å². The number of rotatable bonds is 9. The molecule has 0 bridgehead atoms. The van der Waals surface area contributed by atoms with Crippen LogP contribution in [0.1, 0.15) is 37.1 Å². The summed E-state index contributed by atoms with van der Waals surface area (Å²) in [7, 11) is 0. The van der Waals surface area contributed by atoms with Gasteiger partial charge in [-0.3, -0.25) is 19.5 Å². The highest BCUT2D eigenvalue weighted by Crippen LogP contribution is 2.38. The lowest BCUT2D eigenvalue weighted by Crippen LogP contribution is -2.39. The number of ether oxygens (including phenoxy) is 2. The van der Waals surface area contributed by atoms with Crippen LogP contribution in [0, 0.1) is 0 Å². The van der Waals surface area contributed by atoms with E-state index in [-0.39, 0.29) is 11.3 Å². The molecule has 2 aliphatic rings. The molecule has 4 rings (SSSR count). The van der Waals surface area contributed by atoms with Crippen molar-refractivity contribution in [3.63, 3.8) is 0 Å². The van der Waals surface area contributed by atoms with Crippen LogP contribution in [0.2, 0.25) is 0 Å². The van der Waals surface area contributed by atoms with E-state index < -0.39 is 17.7 Å². The standard InChI is InChI=1S/C26H31N3O5/c1-2-16-34-20-9-7-19(8-10-20)24(30)22-23(21-6-3-4-11-27-21)29(26(32)25(22)31)13-5-12-28-14-17-33-18-15-28/h3-4,6-11,23,30H,2,5,12-18H2,1H3/t23-/m1/s1. The van der Waals surface area contributed by atoms with Crippen molar-refractivity contribution in [3.05, 3.63) is 65.5 Å². The maximum atomic E-state index is 13.1. The van der Waals surface area contributed by atoms with E-state index in [9.17, 15) is 14.7 Å². The van der Waals surface area contributed by atoms with E-state index in [2.05, 4.69) is 9.88 Å². The van der Waals surface area contributed by atoms with Crippen LogP contribution in [-0.4, -0.2) is 77.6 Å². The molecule has 2 aliphatic heterocycles. The normalized spacial score (nSPS) is 20.6. The van der Waals surface area contributed by atoms with E-state index in [1.165, 1.54) is 4.90 Å². The number of pyridine rings is 1. The number of Topliss-reactive ketones (excluding diaryl/α,β-unsaturated/α-hetero) is 1. The molecular weight excluding hydrogens is 434 g/mol. The van der Waals surface area contributed by atoms with Gasteiger partial charge in [-0.05, 0) is 49.2 Å². The minimum Gasteiger partial charge on any atom is -0.507 e. The van der Waals surface area contributed by atoms with Gasteiger partial charge in [0, 0.05) is 37.9 Å². The average molecular weight is 466 g/mol. The number of hydrogen-bond acceptors (Lipinski definition) is 7. The quantitative estimate of drug-likeness (QED) is 0.346. The fourth-order valence-corrected chi connectivity index (χ4v) is 4.33. The highest BCUT2D eigenvalue weighted by Gasteiger charge is 2.46. The molecule has 1 atom stereocenters. The minimum absolute atomic E-state index is 0.0669. The summed E-state index contributed by atoms with van der Waals surface area (Å²) >= 11 is 0. The molecule has 2 fully saturated rings. The summed E-state index contributed by atoms with van der Waals surface area (Å²) in [6, 6.07) is 11.5. The summed E-state index contributed by atoms with van der Waals surface area (Å²) in [5, 5.41) is 11.1. The number of amides is 1. The average Bonchev–Trinajstić information content (AvgIpc) is 3.13. The zero-order chi connectivity index (χ0) is 23.9. The van der Waals surface area contributed by atoms with Crippen molar-refractivity contribution >= 4 is 17.4 Å². The van der Waals surface area contributed by atoms with Crippen LogP contribution in [0.5, 0.6) is 5.75 Å². The number of aromatic nitrogens is 1. The number of carbonyl (C=O) groups is 2. The molecule has 8 heteroatoms. The number of aliphatic hydroxyl groups excluding tert-OH is 1. The van der Waals surface area contributed by atoms with Crippen molar-refractivity contribution in [2.24, 2.45) is 0 Å². The Kier molecular flexibility index (Phi) is 7.92. The third-order valence-corrected chi connectivity index (χ3v) is 6.09.